The first-order valence-corrected chi connectivity index (χ1v) is 8.77. The van der Waals surface area contributed by atoms with E-state index < -0.39 is 11.0 Å². The zero-order valence-electron chi connectivity index (χ0n) is 16.2. The van der Waals surface area contributed by atoms with E-state index in [0.29, 0.717) is 5.69 Å². The summed E-state index contributed by atoms with van der Waals surface area (Å²) in [5.74, 6) is 0.710. The minimum atomic E-state index is -0.514. The van der Waals surface area contributed by atoms with E-state index in [1.165, 1.54) is 25.3 Å². The normalized spacial score (nSPS) is 10.8. The second-order valence-electron chi connectivity index (χ2n) is 6.84. The van der Waals surface area contributed by atoms with Crippen molar-refractivity contribution in [3.8, 4) is 5.75 Å². The predicted molar refractivity (Wildman–Crippen MR) is 107 cm³/mol. The summed E-state index contributed by atoms with van der Waals surface area (Å²) in [4.78, 5) is 23.0. The number of hydrogen-bond donors (Lipinski definition) is 2. The van der Waals surface area contributed by atoms with Crippen molar-refractivity contribution in [1.82, 2.24) is 0 Å². The molecule has 0 aliphatic carbocycles. The molecule has 27 heavy (non-hydrogen) atoms. The molecule has 2 N–H and O–H groups in total. The fraction of sp³-hybridized carbons (Fsp3) is 0.350. The van der Waals surface area contributed by atoms with Gasteiger partial charge in [0.15, 0.2) is 0 Å². The SMILES string of the molecule is COc1cc([N+](=O)[O-])ccc1NC(=O)Nc1c(C(C)C)cccc1C(C)C. The smallest absolute Gasteiger partial charge is 0.323 e. The molecule has 7 nitrogen and oxygen atoms in total. The number of non-ortho nitro benzene ring substituents is 1. The van der Waals surface area contributed by atoms with Gasteiger partial charge in [0.2, 0.25) is 0 Å². The maximum atomic E-state index is 12.6. The van der Waals surface area contributed by atoms with Crippen molar-refractivity contribution in [2.75, 3.05) is 17.7 Å². The van der Waals surface area contributed by atoms with Crippen LogP contribution in [0.15, 0.2) is 36.4 Å². The van der Waals surface area contributed by atoms with E-state index in [1.54, 1.807) is 0 Å². The van der Waals surface area contributed by atoms with Crippen molar-refractivity contribution in [3.05, 3.63) is 57.6 Å². The Kier molecular flexibility index (Phi) is 6.39. The summed E-state index contributed by atoms with van der Waals surface area (Å²) in [7, 11) is 1.40. The molecule has 0 unspecified atom stereocenters. The second-order valence-corrected chi connectivity index (χ2v) is 6.84. The van der Waals surface area contributed by atoms with E-state index in [2.05, 4.69) is 38.3 Å². The third kappa shape index (κ3) is 4.75. The highest BCUT2D eigenvalue weighted by Gasteiger charge is 2.18. The molecular weight excluding hydrogens is 346 g/mol. The number of methoxy groups -OCH3 is 1. The molecule has 2 rings (SSSR count). The molecule has 0 aliphatic rings. The molecule has 2 aromatic rings. The molecule has 0 bridgehead atoms. The number of nitro benzene ring substituents is 1. The summed E-state index contributed by atoms with van der Waals surface area (Å²) in [6.07, 6.45) is 0. The van der Waals surface area contributed by atoms with E-state index in [4.69, 9.17) is 4.74 Å². The number of carbonyl (C=O) groups excluding carboxylic acids is 1. The van der Waals surface area contributed by atoms with E-state index >= 15 is 0 Å². The van der Waals surface area contributed by atoms with Gasteiger partial charge in [0, 0.05) is 11.8 Å². The molecule has 0 aromatic heterocycles. The van der Waals surface area contributed by atoms with Gasteiger partial charge in [-0.25, -0.2) is 4.79 Å². The van der Waals surface area contributed by atoms with Crippen LogP contribution in [0.1, 0.15) is 50.7 Å². The van der Waals surface area contributed by atoms with Crippen molar-refractivity contribution in [2.45, 2.75) is 39.5 Å². The number of nitrogens with one attached hydrogen (secondary N) is 2. The third-order valence-corrected chi connectivity index (χ3v) is 4.26. The minimum Gasteiger partial charge on any atom is -0.494 e. The van der Waals surface area contributed by atoms with E-state index in [1.807, 2.05) is 18.2 Å². The molecule has 0 spiro atoms. The lowest BCUT2D eigenvalue weighted by Gasteiger charge is -2.20. The van der Waals surface area contributed by atoms with E-state index in [-0.39, 0.29) is 23.3 Å². The molecule has 2 amide bonds. The van der Waals surface area contributed by atoms with Gasteiger partial charge in [-0.1, -0.05) is 45.9 Å². The zero-order valence-corrected chi connectivity index (χ0v) is 16.2. The van der Waals surface area contributed by atoms with Gasteiger partial charge in [-0.2, -0.15) is 0 Å². The average Bonchev–Trinajstić information content (AvgIpc) is 2.61. The van der Waals surface area contributed by atoms with Gasteiger partial charge in [0.05, 0.1) is 23.8 Å². The first kappa shape index (κ1) is 20.2. The molecule has 144 valence electrons. The van der Waals surface area contributed by atoms with Crippen LogP contribution in [0.2, 0.25) is 0 Å². The van der Waals surface area contributed by atoms with Crippen LogP contribution in [0.5, 0.6) is 5.75 Å². The highest BCUT2D eigenvalue weighted by molar-refractivity contribution is 6.01. The van der Waals surface area contributed by atoms with Crippen molar-refractivity contribution in [3.63, 3.8) is 0 Å². The number of rotatable bonds is 6. The van der Waals surface area contributed by atoms with Crippen molar-refractivity contribution >= 4 is 23.1 Å². The van der Waals surface area contributed by atoms with Gasteiger partial charge >= 0.3 is 6.03 Å². The van der Waals surface area contributed by atoms with Crippen molar-refractivity contribution < 1.29 is 14.5 Å². The number of urea groups is 1. The fourth-order valence-electron chi connectivity index (χ4n) is 2.86. The van der Waals surface area contributed by atoms with Gasteiger partial charge < -0.3 is 15.4 Å². The number of amides is 2. The summed E-state index contributed by atoms with van der Waals surface area (Å²) in [5, 5.41) is 16.5. The second kappa shape index (κ2) is 8.53. The lowest BCUT2D eigenvalue weighted by atomic mass is 9.93. The fourth-order valence-corrected chi connectivity index (χ4v) is 2.86. The summed E-state index contributed by atoms with van der Waals surface area (Å²) >= 11 is 0. The quantitative estimate of drug-likeness (QED) is 0.518. The lowest BCUT2D eigenvalue weighted by Crippen LogP contribution is -2.22. The standard InChI is InChI=1S/C20H25N3O4/c1-12(2)15-7-6-8-16(13(3)4)19(15)22-20(24)21-17-10-9-14(23(25)26)11-18(17)27-5/h6-13H,1-5H3,(H2,21,22,24). The number of hydrogen-bond acceptors (Lipinski definition) is 4. The number of nitrogens with zero attached hydrogens (tertiary/aromatic N) is 1. The van der Waals surface area contributed by atoms with Crippen LogP contribution in [0.3, 0.4) is 0 Å². The molecule has 0 saturated heterocycles. The Morgan fingerprint density at radius 3 is 2.11 bits per heavy atom. The number of para-hydroxylation sites is 1. The maximum Gasteiger partial charge on any atom is 0.323 e. The first-order chi connectivity index (χ1) is 12.7. The Balaban J connectivity index is 2.30. The maximum absolute atomic E-state index is 12.6. The number of ether oxygens (including phenoxy) is 1. The van der Waals surface area contributed by atoms with E-state index in [0.717, 1.165) is 16.8 Å². The third-order valence-electron chi connectivity index (χ3n) is 4.26. The Labute approximate surface area is 158 Å². The Bertz CT molecular complexity index is 821. The molecule has 0 aliphatic heterocycles. The molecule has 0 atom stereocenters. The number of benzene rings is 2. The minimum absolute atomic E-state index is 0.106. The average molecular weight is 371 g/mol. The number of nitro groups is 1. The monoisotopic (exact) mass is 371 g/mol. The molecule has 0 saturated carbocycles. The van der Waals surface area contributed by atoms with Crippen LogP contribution in [-0.2, 0) is 0 Å². The van der Waals surface area contributed by atoms with Crippen LogP contribution in [0, 0.1) is 10.1 Å². The first-order valence-electron chi connectivity index (χ1n) is 8.77. The zero-order chi connectivity index (χ0) is 20.1. The van der Waals surface area contributed by atoms with Gasteiger partial charge in [-0.3, -0.25) is 10.1 Å². The molecule has 7 heteroatoms. The Morgan fingerprint density at radius 2 is 1.63 bits per heavy atom. The summed E-state index contributed by atoms with van der Waals surface area (Å²) in [6, 6.07) is 9.60. The molecular formula is C20H25N3O4. The molecule has 0 heterocycles. The van der Waals surface area contributed by atoms with Crippen LogP contribution in [0.4, 0.5) is 21.9 Å². The summed E-state index contributed by atoms with van der Waals surface area (Å²) in [6.45, 7) is 8.29. The van der Waals surface area contributed by atoms with Crippen molar-refractivity contribution in [1.29, 1.82) is 0 Å². The van der Waals surface area contributed by atoms with Crippen LogP contribution >= 0.6 is 0 Å². The largest absolute Gasteiger partial charge is 0.494 e. The summed E-state index contributed by atoms with van der Waals surface area (Å²) < 4.78 is 5.16. The number of anilines is 2. The Hall–Kier alpha value is -3.09. The predicted octanol–water partition coefficient (Wildman–Crippen LogP) is 5.49. The Morgan fingerprint density at radius 1 is 1.04 bits per heavy atom. The highest BCUT2D eigenvalue weighted by Crippen LogP contribution is 2.33. The topological polar surface area (TPSA) is 93.5 Å². The van der Waals surface area contributed by atoms with Gasteiger partial charge in [-0.05, 0) is 29.0 Å². The number of carbonyl (C=O) groups is 1. The van der Waals surface area contributed by atoms with E-state index in [9.17, 15) is 14.9 Å². The molecule has 2 aromatic carbocycles. The lowest BCUT2D eigenvalue weighted by molar-refractivity contribution is -0.384. The molecule has 0 radical (unpaired) electrons. The van der Waals surface area contributed by atoms with Crippen LogP contribution < -0.4 is 15.4 Å². The van der Waals surface area contributed by atoms with Gasteiger partial charge in [0.1, 0.15) is 5.75 Å². The van der Waals surface area contributed by atoms with Crippen LogP contribution in [-0.4, -0.2) is 18.1 Å². The van der Waals surface area contributed by atoms with Crippen molar-refractivity contribution in [2.24, 2.45) is 0 Å². The van der Waals surface area contributed by atoms with Crippen LogP contribution in [0.25, 0.3) is 0 Å². The van der Waals surface area contributed by atoms with Gasteiger partial charge in [0.25, 0.3) is 5.69 Å². The van der Waals surface area contributed by atoms with Gasteiger partial charge in [-0.15, -0.1) is 0 Å². The molecule has 0 fully saturated rings. The highest BCUT2D eigenvalue weighted by atomic mass is 16.6. The summed E-state index contributed by atoms with van der Waals surface area (Å²) in [5.41, 5.74) is 3.14.